The van der Waals surface area contributed by atoms with Crippen molar-refractivity contribution >= 4 is 12.0 Å². The number of carboxylic acids is 1. The third kappa shape index (κ3) is 5.29. The number of benzene rings is 1. The molecule has 0 spiro atoms. The fraction of sp³-hybridized carbons (Fsp3) is 0.308. The highest BCUT2D eigenvalue weighted by Gasteiger charge is 2.02. The van der Waals surface area contributed by atoms with Crippen LogP contribution >= 0.6 is 0 Å². The van der Waals surface area contributed by atoms with E-state index in [1.807, 2.05) is 31.2 Å². The summed E-state index contributed by atoms with van der Waals surface area (Å²) in [5.41, 5.74) is 7.66. The first-order chi connectivity index (χ1) is 8.11. The Bertz CT molecular complexity index is 384. The minimum atomic E-state index is -0.951. The van der Waals surface area contributed by atoms with Gasteiger partial charge in [-0.25, -0.2) is 4.79 Å². The largest absolute Gasteiger partial charge is 0.478 e. The van der Waals surface area contributed by atoms with E-state index < -0.39 is 5.97 Å². The number of aliphatic carboxylic acids is 1. The number of ether oxygens (including phenoxy) is 1. The summed E-state index contributed by atoms with van der Waals surface area (Å²) in [6.45, 7) is 2.50. The first kappa shape index (κ1) is 13.4. The second-order valence-electron chi connectivity index (χ2n) is 3.61. The summed E-state index contributed by atoms with van der Waals surface area (Å²) in [6, 6.07) is 7.54. The Morgan fingerprint density at radius 2 is 2.12 bits per heavy atom. The fourth-order valence-corrected chi connectivity index (χ4v) is 1.44. The van der Waals surface area contributed by atoms with Gasteiger partial charge >= 0.3 is 5.97 Å². The first-order valence-electron chi connectivity index (χ1n) is 5.49. The lowest BCUT2D eigenvalue weighted by Crippen LogP contribution is -2.26. The number of carboxylic acid groups (broad SMARTS) is 1. The highest BCUT2D eigenvalue weighted by Crippen LogP contribution is 2.08. The molecule has 1 aromatic carbocycles. The summed E-state index contributed by atoms with van der Waals surface area (Å²) in [4.78, 5) is 10.3. The summed E-state index contributed by atoms with van der Waals surface area (Å²) < 4.78 is 5.24. The zero-order chi connectivity index (χ0) is 12.7. The van der Waals surface area contributed by atoms with E-state index in [9.17, 15) is 4.79 Å². The molecule has 92 valence electrons. The Morgan fingerprint density at radius 1 is 1.47 bits per heavy atom. The molecule has 4 nitrogen and oxygen atoms in total. The van der Waals surface area contributed by atoms with Gasteiger partial charge in [-0.05, 0) is 24.1 Å². The van der Waals surface area contributed by atoms with Crippen LogP contribution in [0.4, 0.5) is 0 Å². The summed E-state index contributed by atoms with van der Waals surface area (Å²) in [5.74, 6) is -0.951. The zero-order valence-electron chi connectivity index (χ0n) is 9.80. The van der Waals surface area contributed by atoms with Crippen LogP contribution in [0, 0.1) is 0 Å². The van der Waals surface area contributed by atoms with Gasteiger partial charge in [0.25, 0.3) is 0 Å². The molecule has 0 saturated heterocycles. The second-order valence-corrected chi connectivity index (χ2v) is 3.61. The van der Waals surface area contributed by atoms with Gasteiger partial charge < -0.3 is 15.6 Å². The SMILES string of the molecule is CCOC(N)Cc1ccc(C=CC(=O)O)cc1. The molecule has 4 heteroatoms. The Labute approximate surface area is 101 Å². The van der Waals surface area contributed by atoms with Crippen LogP contribution in [-0.2, 0) is 16.0 Å². The maximum Gasteiger partial charge on any atom is 0.328 e. The molecule has 17 heavy (non-hydrogen) atoms. The van der Waals surface area contributed by atoms with Crippen LogP contribution in [0.5, 0.6) is 0 Å². The van der Waals surface area contributed by atoms with Gasteiger partial charge in [0.15, 0.2) is 0 Å². The molecule has 1 unspecified atom stereocenters. The van der Waals surface area contributed by atoms with Crippen molar-refractivity contribution in [2.75, 3.05) is 6.61 Å². The molecular weight excluding hydrogens is 218 g/mol. The van der Waals surface area contributed by atoms with Crippen LogP contribution < -0.4 is 5.73 Å². The Morgan fingerprint density at radius 3 is 2.65 bits per heavy atom. The monoisotopic (exact) mass is 235 g/mol. The average molecular weight is 235 g/mol. The molecule has 1 rings (SSSR count). The Hall–Kier alpha value is -1.65. The standard InChI is InChI=1S/C13H17NO3/c1-2-17-12(14)9-11-5-3-10(4-6-11)7-8-13(15)16/h3-8,12H,2,9,14H2,1H3,(H,15,16). The first-order valence-corrected chi connectivity index (χ1v) is 5.49. The topological polar surface area (TPSA) is 72.5 Å². The smallest absolute Gasteiger partial charge is 0.328 e. The van der Waals surface area contributed by atoms with Crippen LogP contribution in [-0.4, -0.2) is 23.9 Å². The molecule has 0 aromatic heterocycles. The van der Waals surface area contributed by atoms with Crippen LogP contribution in [0.3, 0.4) is 0 Å². The van der Waals surface area contributed by atoms with Gasteiger partial charge in [0.1, 0.15) is 6.23 Å². The number of hydrogen-bond donors (Lipinski definition) is 2. The van der Waals surface area contributed by atoms with Crippen molar-refractivity contribution in [1.29, 1.82) is 0 Å². The Balaban J connectivity index is 2.58. The van der Waals surface area contributed by atoms with E-state index >= 15 is 0 Å². The van der Waals surface area contributed by atoms with Crippen molar-refractivity contribution in [3.63, 3.8) is 0 Å². The van der Waals surface area contributed by atoms with Gasteiger partial charge in [-0.15, -0.1) is 0 Å². The molecule has 0 fully saturated rings. The van der Waals surface area contributed by atoms with Crippen molar-refractivity contribution in [2.24, 2.45) is 5.73 Å². The molecule has 0 aliphatic carbocycles. The fourth-order valence-electron chi connectivity index (χ4n) is 1.44. The molecule has 0 aliphatic heterocycles. The van der Waals surface area contributed by atoms with Crippen molar-refractivity contribution < 1.29 is 14.6 Å². The van der Waals surface area contributed by atoms with Crippen molar-refractivity contribution in [2.45, 2.75) is 19.6 Å². The molecule has 0 bridgehead atoms. The maximum absolute atomic E-state index is 10.3. The van der Waals surface area contributed by atoms with Gasteiger partial charge in [0, 0.05) is 19.1 Å². The molecule has 3 N–H and O–H groups in total. The van der Waals surface area contributed by atoms with Crippen molar-refractivity contribution in [1.82, 2.24) is 0 Å². The second kappa shape index (κ2) is 6.83. The van der Waals surface area contributed by atoms with E-state index in [4.69, 9.17) is 15.6 Å². The molecule has 1 atom stereocenters. The van der Waals surface area contributed by atoms with E-state index in [0.717, 1.165) is 17.2 Å². The predicted molar refractivity (Wildman–Crippen MR) is 66.4 cm³/mol. The van der Waals surface area contributed by atoms with Gasteiger partial charge in [-0.1, -0.05) is 24.3 Å². The van der Waals surface area contributed by atoms with Gasteiger partial charge in [-0.3, -0.25) is 0 Å². The minimum Gasteiger partial charge on any atom is -0.478 e. The number of rotatable bonds is 6. The zero-order valence-corrected chi connectivity index (χ0v) is 9.80. The summed E-state index contributed by atoms with van der Waals surface area (Å²) in [5, 5.41) is 8.49. The lowest BCUT2D eigenvalue weighted by Gasteiger charge is -2.11. The van der Waals surface area contributed by atoms with Gasteiger partial charge in [-0.2, -0.15) is 0 Å². The maximum atomic E-state index is 10.3. The van der Waals surface area contributed by atoms with Gasteiger partial charge in [0.05, 0.1) is 0 Å². The van der Waals surface area contributed by atoms with Gasteiger partial charge in [0.2, 0.25) is 0 Å². The lowest BCUT2D eigenvalue weighted by molar-refractivity contribution is -0.131. The molecule has 0 amide bonds. The van der Waals surface area contributed by atoms with E-state index in [0.29, 0.717) is 13.0 Å². The highest BCUT2D eigenvalue weighted by atomic mass is 16.5. The molecule has 0 saturated carbocycles. The number of carbonyl (C=O) groups is 1. The lowest BCUT2D eigenvalue weighted by atomic mass is 10.1. The summed E-state index contributed by atoms with van der Waals surface area (Å²) in [6.07, 6.45) is 3.02. The molecule has 1 aromatic rings. The van der Waals surface area contributed by atoms with E-state index in [1.54, 1.807) is 6.08 Å². The van der Waals surface area contributed by atoms with Crippen molar-refractivity contribution in [3.05, 3.63) is 41.5 Å². The molecule has 0 heterocycles. The van der Waals surface area contributed by atoms with Crippen LogP contribution in [0.15, 0.2) is 30.3 Å². The molecule has 0 radical (unpaired) electrons. The third-order valence-corrected chi connectivity index (χ3v) is 2.22. The summed E-state index contributed by atoms with van der Waals surface area (Å²) in [7, 11) is 0. The number of nitrogens with two attached hydrogens (primary N) is 1. The van der Waals surface area contributed by atoms with Crippen LogP contribution in [0.1, 0.15) is 18.1 Å². The predicted octanol–water partition coefficient (Wildman–Crippen LogP) is 1.65. The van der Waals surface area contributed by atoms with Crippen LogP contribution in [0.2, 0.25) is 0 Å². The van der Waals surface area contributed by atoms with Crippen LogP contribution in [0.25, 0.3) is 6.08 Å². The summed E-state index contributed by atoms with van der Waals surface area (Å²) >= 11 is 0. The quantitative estimate of drug-likeness (QED) is 0.581. The Kier molecular flexibility index (Phi) is 5.39. The van der Waals surface area contributed by atoms with E-state index in [2.05, 4.69) is 0 Å². The van der Waals surface area contributed by atoms with E-state index in [1.165, 1.54) is 0 Å². The highest BCUT2D eigenvalue weighted by molar-refractivity contribution is 5.85. The van der Waals surface area contributed by atoms with E-state index in [-0.39, 0.29) is 6.23 Å². The molecule has 0 aliphatic rings. The van der Waals surface area contributed by atoms with Crippen molar-refractivity contribution in [3.8, 4) is 0 Å². The normalized spacial score (nSPS) is 12.8. The average Bonchev–Trinajstić information content (AvgIpc) is 2.28. The minimum absolute atomic E-state index is 0.291. The number of hydrogen-bond acceptors (Lipinski definition) is 3. The molecular formula is C13H17NO3. The third-order valence-electron chi connectivity index (χ3n) is 2.22.